The number of nitrogens with one attached hydrogen (secondary N) is 2. The van der Waals surface area contributed by atoms with Crippen molar-refractivity contribution in [2.24, 2.45) is 17.8 Å². The topological polar surface area (TPSA) is 210 Å². The van der Waals surface area contributed by atoms with Crippen molar-refractivity contribution in [2.75, 3.05) is 13.7 Å². The molecule has 4 aliphatic rings. The van der Waals surface area contributed by atoms with Gasteiger partial charge in [-0.3, -0.25) is 24.0 Å². The fourth-order valence-electron chi connectivity index (χ4n) is 8.11. The molecule has 7 atom stereocenters. The highest BCUT2D eigenvalue weighted by Gasteiger charge is 2.62. The molecule has 1 saturated heterocycles. The Balaban J connectivity index is 1.44. The summed E-state index contributed by atoms with van der Waals surface area (Å²) in [6.07, 6.45) is -0.625. The second-order valence-electron chi connectivity index (χ2n) is 16.8. The molecule has 4 heterocycles. The van der Waals surface area contributed by atoms with Crippen LogP contribution in [0.4, 0.5) is 18.0 Å². The van der Waals surface area contributed by atoms with E-state index in [4.69, 9.17) is 9.47 Å². The Morgan fingerprint density at radius 3 is 2.43 bits per heavy atom. The minimum atomic E-state index is -5.05. The van der Waals surface area contributed by atoms with Crippen LogP contribution >= 0.6 is 0 Å². The maximum atomic E-state index is 15.1. The summed E-state index contributed by atoms with van der Waals surface area (Å²) in [7, 11) is -2.72. The Bertz CT molecular complexity index is 2090. The number of ether oxygens (including phenoxy) is 2. The van der Waals surface area contributed by atoms with Gasteiger partial charge in [-0.15, -0.1) is 0 Å². The summed E-state index contributed by atoms with van der Waals surface area (Å²) < 4.78 is 82.3. The number of fused-ring (bicyclic) bond motifs is 3. The Morgan fingerprint density at radius 1 is 1.12 bits per heavy atom. The van der Waals surface area contributed by atoms with Gasteiger partial charge in [-0.1, -0.05) is 32.4 Å². The highest BCUT2D eigenvalue weighted by Crippen LogP contribution is 2.46. The highest BCUT2D eigenvalue weighted by atomic mass is 32.2. The first-order valence-corrected chi connectivity index (χ1v) is 21.0. The van der Waals surface area contributed by atoms with Gasteiger partial charge < -0.3 is 24.8 Å². The zero-order valence-corrected chi connectivity index (χ0v) is 34.0. The molecule has 4 amide bonds. The predicted octanol–water partition coefficient (Wildman–Crippen LogP) is 4.43. The number of carboxylic acid groups (broad SMARTS) is 1. The first-order chi connectivity index (χ1) is 27.1. The van der Waals surface area contributed by atoms with Gasteiger partial charge in [0.05, 0.1) is 30.6 Å². The van der Waals surface area contributed by atoms with Gasteiger partial charge in [0.1, 0.15) is 29.2 Å². The van der Waals surface area contributed by atoms with E-state index in [0.717, 1.165) is 16.0 Å². The summed E-state index contributed by atoms with van der Waals surface area (Å²) in [5, 5.41) is 12.6. The quantitative estimate of drug-likeness (QED) is 0.316. The lowest BCUT2D eigenvalue weighted by Gasteiger charge is -2.44. The number of pyridine rings is 1. The average Bonchev–Trinajstić information content (AvgIpc) is 4.06. The highest BCUT2D eigenvalue weighted by molar-refractivity contribution is 7.91. The molecule has 20 heteroatoms. The second-order valence-corrected chi connectivity index (χ2v) is 18.8. The fourth-order valence-corrected chi connectivity index (χ4v) is 9.48. The number of carbonyl (C=O) groups is 4. The third kappa shape index (κ3) is 8.80. The van der Waals surface area contributed by atoms with Crippen LogP contribution in [0.2, 0.25) is 0 Å². The lowest BCUT2D eigenvalue weighted by molar-refractivity contribution is -0.146. The lowest BCUT2D eigenvalue weighted by Crippen LogP contribution is -2.62. The van der Waals surface area contributed by atoms with E-state index in [2.05, 4.69) is 25.0 Å². The van der Waals surface area contributed by atoms with E-state index in [9.17, 15) is 41.1 Å². The molecule has 3 N–H and O–H groups in total. The maximum Gasteiger partial charge on any atom is 0.438 e. The molecule has 2 aromatic heterocycles. The molecular weight excluding hydrogens is 788 g/mol. The maximum absolute atomic E-state index is 15.1. The van der Waals surface area contributed by atoms with Gasteiger partial charge in [0.2, 0.25) is 39.3 Å². The monoisotopic (exact) mass is 837 g/mol. The van der Waals surface area contributed by atoms with E-state index < -0.39 is 111 Å². The molecule has 2 aromatic rings. The number of halogens is 3. The summed E-state index contributed by atoms with van der Waals surface area (Å²) in [6, 6.07) is -1.55. The summed E-state index contributed by atoms with van der Waals surface area (Å²) >= 11 is 0. The van der Waals surface area contributed by atoms with Crippen LogP contribution in [-0.4, -0.2) is 110 Å². The van der Waals surface area contributed by atoms with Gasteiger partial charge >= 0.3 is 12.3 Å². The minimum absolute atomic E-state index is 0.00658. The largest absolute Gasteiger partial charge is 0.481 e. The van der Waals surface area contributed by atoms with E-state index in [1.807, 2.05) is 19.9 Å². The molecule has 2 saturated carbocycles. The van der Waals surface area contributed by atoms with Crippen molar-refractivity contribution in [1.82, 2.24) is 34.8 Å². The fraction of sp³-hybridized carbons (Fsp3) is 0.658. The Labute approximate surface area is 334 Å². The number of hydrogen-bond donors (Lipinski definition) is 3. The number of aromatic nitrogens is 3. The average molecular weight is 838 g/mol. The zero-order chi connectivity index (χ0) is 42.5. The lowest BCUT2D eigenvalue weighted by atomic mass is 9.82. The van der Waals surface area contributed by atoms with Crippen molar-refractivity contribution < 1.29 is 55.3 Å². The molecular formula is C38H50F3N7O9S. The van der Waals surface area contributed by atoms with Crippen molar-refractivity contribution in [3.05, 3.63) is 30.1 Å². The number of alkyl halides is 3. The van der Waals surface area contributed by atoms with Gasteiger partial charge in [-0.25, -0.2) is 28.2 Å². The molecule has 2 aliphatic heterocycles. The van der Waals surface area contributed by atoms with Crippen LogP contribution in [0.3, 0.4) is 0 Å². The molecule has 0 bridgehead atoms. The molecule has 3 fully saturated rings. The number of sulfonamides is 1. The number of allylic oxidation sites excluding steroid dienone is 1. The van der Waals surface area contributed by atoms with Crippen molar-refractivity contribution in [2.45, 2.75) is 127 Å². The van der Waals surface area contributed by atoms with Gasteiger partial charge in [-0.2, -0.15) is 13.2 Å². The molecule has 58 heavy (non-hydrogen) atoms. The van der Waals surface area contributed by atoms with Crippen molar-refractivity contribution in [3.63, 3.8) is 0 Å². The van der Waals surface area contributed by atoms with E-state index in [1.54, 1.807) is 26.8 Å². The van der Waals surface area contributed by atoms with Gasteiger partial charge in [0, 0.05) is 23.9 Å². The minimum Gasteiger partial charge on any atom is -0.481 e. The van der Waals surface area contributed by atoms with Crippen LogP contribution in [0.15, 0.2) is 24.4 Å². The predicted molar refractivity (Wildman–Crippen MR) is 202 cm³/mol. The van der Waals surface area contributed by atoms with Gasteiger partial charge in [0.15, 0.2) is 0 Å². The third-order valence-corrected chi connectivity index (χ3v) is 13.2. The van der Waals surface area contributed by atoms with Crippen LogP contribution in [0.1, 0.15) is 91.7 Å². The summed E-state index contributed by atoms with van der Waals surface area (Å²) in [5.41, 5.74) is -4.54. The number of rotatable bonds is 8. The van der Waals surface area contributed by atoms with Crippen LogP contribution in [0, 0.1) is 17.8 Å². The van der Waals surface area contributed by atoms with Crippen LogP contribution in [-0.2, 0) is 30.6 Å². The molecule has 2 aliphatic carbocycles. The molecule has 0 radical (unpaired) electrons. The smallest absolute Gasteiger partial charge is 0.438 e. The molecule has 0 unspecified atom stereocenters. The second kappa shape index (κ2) is 15.8. The van der Waals surface area contributed by atoms with Gasteiger partial charge in [0.25, 0.3) is 5.91 Å². The van der Waals surface area contributed by atoms with E-state index >= 15 is 4.79 Å². The van der Waals surface area contributed by atoms with E-state index in [0.29, 0.717) is 38.5 Å². The van der Waals surface area contributed by atoms with Crippen LogP contribution in [0.25, 0.3) is 11.0 Å². The van der Waals surface area contributed by atoms with Crippen LogP contribution in [0.5, 0.6) is 11.8 Å². The molecule has 0 spiro atoms. The van der Waals surface area contributed by atoms with Crippen molar-refractivity contribution in [3.8, 4) is 11.8 Å². The summed E-state index contributed by atoms with van der Waals surface area (Å²) in [5.74, 6) is -4.63. The van der Waals surface area contributed by atoms with Gasteiger partial charge in [-0.05, 0) is 71.1 Å². The Kier molecular flexibility index (Phi) is 11.7. The number of amides is 4. The first-order valence-electron chi connectivity index (χ1n) is 19.4. The first kappa shape index (κ1) is 42.8. The van der Waals surface area contributed by atoms with Crippen LogP contribution < -0.4 is 19.5 Å². The van der Waals surface area contributed by atoms with Crippen molar-refractivity contribution >= 4 is 44.9 Å². The van der Waals surface area contributed by atoms with E-state index in [1.165, 1.54) is 13.2 Å². The van der Waals surface area contributed by atoms with E-state index in [-0.39, 0.29) is 29.3 Å². The zero-order valence-electron chi connectivity index (χ0n) is 33.2. The normalized spacial score (nSPS) is 28.4. The molecule has 16 nitrogen and oxygen atoms in total. The molecule has 318 valence electrons. The number of nitrogens with zero attached hydrogens (tertiary/aromatic N) is 5. The Morgan fingerprint density at radius 2 is 1.83 bits per heavy atom. The number of methoxy groups -OCH3 is 1. The summed E-state index contributed by atoms with van der Waals surface area (Å²) in [4.78, 5) is 70.4. The number of carbonyl (C=O) groups excluding carboxylic acids is 3. The molecule has 6 rings (SSSR count). The summed E-state index contributed by atoms with van der Waals surface area (Å²) in [6.45, 7) is 8.26. The molecule has 0 aromatic carbocycles. The number of hydrogen-bond acceptors (Lipinski definition) is 11. The standard InChI is InChI=1S/C38H50F3N7O9S/c1-7-21-14-20(2)10-8-9-11-22-17-37(22,34(51)46-58(54,55)24-12-13-24)45-31(49)27-15-23(19-47(27)33(50)29(21)48(35(52)53)36(3,4)5)57-32-30(38(39,40)41)43-26-18-42-28(56-6)16-25(26)44-32/h9,11,16,18,20-24,27,29H,7-8,10,12-15,17,19H2,1-6H3,(H,45,49)(H,46,51)(H,52,53)/t20-,21-,22-,23-,27+,29+,37-/m1/s1. The SMILES string of the molecule is CC[C@@H]1C[C@H](C)CCC=C[C@@H]2C[C@@]2(C(=O)NS(=O)(=O)C2CC2)NC(=O)[C@@H]2C[C@@H](Oc3nc4cc(OC)ncc4nc3C(F)(F)F)CN2C(=O)[C@H]1N(C(=O)O)C(C)(C)C. The van der Waals surface area contributed by atoms with Crippen molar-refractivity contribution in [1.29, 1.82) is 0 Å². The third-order valence-electron chi connectivity index (χ3n) is 11.4. The Hall–Kier alpha value is -4.75.